The second-order valence-corrected chi connectivity index (χ2v) is 5.05. The van der Waals surface area contributed by atoms with Crippen molar-refractivity contribution in [2.24, 2.45) is 11.8 Å². The van der Waals surface area contributed by atoms with Gasteiger partial charge in [0.1, 0.15) is 0 Å². The monoisotopic (exact) mass is 197 g/mol. The van der Waals surface area contributed by atoms with Gasteiger partial charge in [-0.05, 0) is 57.0 Å². The average molecular weight is 197 g/mol. The van der Waals surface area contributed by atoms with E-state index >= 15 is 0 Å². The van der Waals surface area contributed by atoms with Gasteiger partial charge in [0, 0.05) is 6.61 Å². The van der Waals surface area contributed by atoms with Gasteiger partial charge in [0.15, 0.2) is 0 Å². The summed E-state index contributed by atoms with van der Waals surface area (Å²) in [7, 11) is 0. The highest BCUT2D eigenvalue weighted by atomic mass is 16.5. The Labute approximate surface area is 87.4 Å². The first-order valence-corrected chi connectivity index (χ1v) is 6.17. The average Bonchev–Trinajstić information content (AvgIpc) is 2.19. The third kappa shape index (κ3) is 2.96. The summed E-state index contributed by atoms with van der Waals surface area (Å²) in [6.45, 7) is 5.79. The first-order chi connectivity index (χ1) is 6.84. The van der Waals surface area contributed by atoms with E-state index in [0.29, 0.717) is 6.10 Å². The van der Waals surface area contributed by atoms with Crippen LogP contribution in [0.5, 0.6) is 0 Å². The van der Waals surface area contributed by atoms with Crippen LogP contribution >= 0.6 is 0 Å². The quantitative estimate of drug-likeness (QED) is 0.732. The first-order valence-electron chi connectivity index (χ1n) is 6.17. The molecule has 0 amide bonds. The molecule has 0 saturated carbocycles. The van der Waals surface area contributed by atoms with E-state index < -0.39 is 0 Å². The zero-order chi connectivity index (χ0) is 9.80. The Kier molecular flexibility index (Phi) is 3.82. The molecule has 1 N–H and O–H groups in total. The minimum absolute atomic E-state index is 0.571. The molecule has 2 rings (SSSR count). The smallest absolute Gasteiger partial charge is 0.0580 e. The van der Waals surface area contributed by atoms with Crippen LogP contribution in [0.3, 0.4) is 0 Å². The van der Waals surface area contributed by atoms with Crippen molar-refractivity contribution < 1.29 is 4.74 Å². The van der Waals surface area contributed by atoms with E-state index in [9.17, 15) is 0 Å². The van der Waals surface area contributed by atoms with Crippen molar-refractivity contribution in [2.45, 2.75) is 45.1 Å². The van der Waals surface area contributed by atoms with E-state index in [1.165, 1.54) is 45.2 Å². The van der Waals surface area contributed by atoms with E-state index in [0.717, 1.165) is 18.4 Å². The SMILES string of the molecule is C[C@@H]1CCOC(CC2CCNCC2)C1. The molecule has 0 bridgehead atoms. The van der Waals surface area contributed by atoms with Gasteiger partial charge in [-0.15, -0.1) is 0 Å². The molecule has 0 spiro atoms. The number of ether oxygens (including phenoxy) is 1. The van der Waals surface area contributed by atoms with Gasteiger partial charge in [0.25, 0.3) is 0 Å². The Morgan fingerprint density at radius 1 is 1.21 bits per heavy atom. The molecule has 2 nitrogen and oxygen atoms in total. The summed E-state index contributed by atoms with van der Waals surface area (Å²) in [6, 6.07) is 0. The lowest BCUT2D eigenvalue weighted by Gasteiger charge is -2.31. The summed E-state index contributed by atoms with van der Waals surface area (Å²) in [5.41, 5.74) is 0. The molecule has 1 unspecified atom stereocenters. The highest BCUT2D eigenvalue weighted by Gasteiger charge is 2.23. The number of hydrogen-bond acceptors (Lipinski definition) is 2. The van der Waals surface area contributed by atoms with E-state index in [1.807, 2.05) is 0 Å². The van der Waals surface area contributed by atoms with Gasteiger partial charge < -0.3 is 10.1 Å². The van der Waals surface area contributed by atoms with Crippen LogP contribution in [0.25, 0.3) is 0 Å². The van der Waals surface area contributed by atoms with Gasteiger partial charge in [-0.1, -0.05) is 6.92 Å². The topological polar surface area (TPSA) is 21.3 Å². The number of nitrogens with one attached hydrogen (secondary N) is 1. The van der Waals surface area contributed by atoms with E-state index in [1.54, 1.807) is 0 Å². The van der Waals surface area contributed by atoms with Gasteiger partial charge in [0.2, 0.25) is 0 Å². The molecule has 14 heavy (non-hydrogen) atoms. The number of rotatable bonds is 2. The third-order valence-corrected chi connectivity index (χ3v) is 3.68. The van der Waals surface area contributed by atoms with Crippen molar-refractivity contribution in [3.63, 3.8) is 0 Å². The molecule has 2 fully saturated rings. The lowest BCUT2D eigenvalue weighted by Crippen LogP contribution is -2.32. The lowest BCUT2D eigenvalue weighted by molar-refractivity contribution is -0.0201. The Balaban J connectivity index is 1.72. The Morgan fingerprint density at radius 3 is 2.71 bits per heavy atom. The summed E-state index contributed by atoms with van der Waals surface area (Å²) in [5.74, 6) is 1.81. The van der Waals surface area contributed by atoms with Gasteiger partial charge in [-0.2, -0.15) is 0 Å². The van der Waals surface area contributed by atoms with Gasteiger partial charge in [-0.25, -0.2) is 0 Å². The molecule has 0 aliphatic carbocycles. The number of hydrogen-bond donors (Lipinski definition) is 1. The molecule has 2 atom stereocenters. The minimum atomic E-state index is 0.571. The van der Waals surface area contributed by atoms with Crippen LogP contribution in [-0.2, 0) is 4.74 Å². The van der Waals surface area contributed by atoms with Crippen LogP contribution in [0.1, 0.15) is 39.0 Å². The Hall–Kier alpha value is -0.0800. The van der Waals surface area contributed by atoms with Gasteiger partial charge in [-0.3, -0.25) is 0 Å². The summed E-state index contributed by atoms with van der Waals surface area (Å²) in [5, 5.41) is 3.42. The normalized spacial score (nSPS) is 35.8. The van der Waals surface area contributed by atoms with Crippen molar-refractivity contribution in [3.8, 4) is 0 Å². The van der Waals surface area contributed by atoms with Crippen LogP contribution in [0, 0.1) is 11.8 Å². The Morgan fingerprint density at radius 2 is 2.00 bits per heavy atom. The molecule has 2 heteroatoms. The molecule has 0 radical (unpaired) electrons. The molecule has 2 heterocycles. The van der Waals surface area contributed by atoms with Crippen LogP contribution in [0.4, 0.5) is 0 Å². The van der Waals surface area contributed by atoms with Crippen LogP contribution < -0.4 is 5.32 Å². The predicted molar refractivity (Wildman–Crippen MR) is 58.3 cm³/mol. The summed E-state index contributed by atoms with van der Waals surface area (Å²) in [6.07, 6.45) is 7.16. The van der Waals surface area contributed by atoms with Crippen molar-refractivity contribution in [3.05, 3.63) is 0 Å². The van der Waals surface area contributed by atoms with Crippen molar-refractivity contribution in [1.29, 1.82) is 0 Å². The summed E-state index contributed by atoms with van der Waals surface area (Å²) in [4.78, 5) is 0. The maximum absolute atomic E-state index is 5.83. The molecule has 2 saturated heterocycles. The Bertz CT molecular complexity index is 166. The van der Waals surface area contributed by atoms with Gasteiger partial charge >= 0.3 is 0 Å². The fourth-order valence-electron chi connectivity index (χ4n) is 2.72. The number of piperidine rings is 1. The second-order valence-electron chi connectivity index (χ2n) is 5.05. The molecular formula is C12H23NO. The molecule has 0 aromatic rings. The maximum atomic E-state index is 5.83. The van der Waals surface area contributed by atoms with E-state index in [-0.39, 0.29) is 0 Å². The fourth-order valence-corrected chi connectivity index (χ4v) is 2.72. The molecular weight excluding hydrogens is 174 g/mol. The fraction of sp³-hybridized carbons (Fsp3) is 1.00. The second kappa shape index (κ2) is 5.13. The van der Waals surface area contributed by atoms with E-state index in [4.69, 9.17) is 4.74 Å². The van der Waals surface area contributed by atoms with Crippen LogP contribution in [0.2, 0.25) is 0 Å². The van der Waals surface area contributed by atoms with Crippen LogP contribution in [-0.4, -0.2) is 25.8 Å². The molecule has 0 aromatic carbocycles. The highest BCUT2D eigenvalue weighted by Crippen LogP contribution is 2.27. The van der Waals surface area contributed by atoms with E-state index in [2.05, 4.69) is 12.2 Å². The van der Waals surface area contributed by atoms with Crippen molar-refractivity contribution >= 4 is 0 Å². The minimum Gasteiger partial charge on any atom is -0.378 e. The largest absolute Gasteiger partial charge is 0.378 e. The van der Waals surface area contributed by atoms with Gasteiger partial charge in [0.05, 0.1) is 6.10 Å². The molecule has 2 aliphatic rings. The highest BCUT2D eigenvalue weighted by molar-refractivity contribution is 4.76. The van der Waals surface area contributed by atoms with Crippen LogP contribution in [0.15, 0.2) is 0 Å². The summed E-state index contributed by atoms with van der Waals surface area (Å²) < 4.78 is 5.83. The third-order valence-electron chi connectivity index (χ3n) is 3.68. The molecule has 0 aromatic heterocycles. The van der Waals surface area contributed by atoms with Crippen molar-refractivity contribution in [1.82, 2.24) is 5.32 Å². The summed E-state index contributed by atoms with van der Waals surface area (Å²) >= 11 is 0. The zero-order valence-electron chi connectivity index (χ0n) is 9.30. The lowest BCUT2D eigenvalue weighted by atomic mass is 9.87. The standard InChI is InChI=1S/C12H23NO/c1-10-4-7-14-12(8-10)9-11-2-5-13-6-3-11/h10-13H,2-9H2,1H3/t10-,12?/m1/s1. The van der Waals surface area contributed by atoms with Crippen molar-refractivity contribution in [2.75, 3.05) is 19.7 Å². The first kappa shape index (κ1) is 10.4. The molecule has 82 valence electrons. The molecule has 2 aliphatic heterocycles. The zero-order valence-corrected chi connectivity index (χ0v) is 9.30. The maximum Gasteiger partial charge on any atom is 0.0580 e. The predicted octanol–water partition coefficient (Wildman–Crippen LogP) is 2.19.